The van der Waals surface area contributed by atoms with Crippen LogP contribution in [-0.2, 0) is 14.7 Å². The molecule has 0 aromatic carbocycles. The standard InChI is InChI=1S/C3H7N.H3NO4S/c1-2-3-4;1-5-6(2,3)4/h2H,1,3-4H2;1H2,(H,2,3,4). The summed E-state index contributed by atoms with van der Waals surface area (Å²) in [6, 6.07) is 0. The van der Waals surface area contributed by atoms with Crippen LogP contribution in [-0.4, -0.2) is 19.5 Å². The molecule has 10 heavy (non-hydrogen) atoms. The Morgan fingerprint density at radius 1 is 1.70 bits per heavy atom. The first kappa shape index (κ1) is 12.2. The Labute approximate surface area is 59.4 Å². The van der Waals surface area contributed by atoms with Crippen molar-refractivity contribution in [2.75, 3.05) is 6.54 Å². The van der Waals surface area contributed by atoms with Crippen molar-refractivity contribution in [2.45, 2.75) is 0 Å². The zero-order valence-corrected chi connectivity index (χ0v) is 6.04. The highest BCUT2D eigenvalue weighted by Crippen LogP contribution is 1.70. The van der Waals surface area contributed by atoms with Crippen molar-refractivity contribution in [1.82, 2.24) is 0 Å². The predicted molar refractivity (Wildman–Crippen MR) is 36.1 cm³/mol. The largest absolute Gasteiger partial charge is 0.413 e. The van der Waals surface area contributed by atoms with Crippen LogP contribution in [0.2, 0.25) is 0 Å². The third-order valence-electron chi connectivity index (χ3n) is 0.288. The van der Waals surface area contributed by atoms with Crippen molar-refractivity contribution in [3.05, 3.63) is 12.7 Å². The molecule has 0 aromatic rings. The molecule has 0 aromatic heterocycles. The molecule has 0 unspecified atom stereocenters. The van der Waals surface area contributed by atoms with Gasteiger partial charge in [0.05, 0.1) is 0 Å². The van der Waals surface area contributed by atoms with Crippen molar-refractivity contribution in [2.24, 2.45) is 11.6 Å². The van der Waals surface area contributed by atoms with Crippen LogP contribution < -0.4 is 11.6 Å². The van der Waals surface area contributed by atoms with E-state index in [1.54, 1.807) is 6.08 Å². The molecule has 0 aliphatic carbocycles. The van der Waals surface area contributed by atoms with Crippen LogP contribution in [0.15, 0.2) is 12.7 Å². The van der Waals surface area contributed by atoms with Crippen LogP contribution in [0, 0.1) is 0 Å². The van der Waals surface area contributed by atoms with E-state index in [2.05, 4.69) is 16.8 Å². The Morgan fingerprint density at radius 3 is 1.90 bits per heavy atom. The Bertz CT molecular complexity index is 163. The SMILES string of the molecule is C=CCN.NOS(=O)(=O)O. The molecule has 0 aliphatic rings. The van der Waals surface area contributed by atoms with Crippen molar-refractivity contribution >= 4 is 10.4 Å². The van der Waals surface area contributed by atoms with Gasteiger partial charge in [-0.1, -0.05) is 6.08 Å². The molecule has 6 nitrogen and oxygen atoms in total. The van der Waals surface area contributed by atoms with Crippen LogP contribution in [0.3, 0.4) is 0 Å². The predicted octanol–water partition coefficient (Wildman–Crippen LogP) is -1.19. The van der Waals surface area contributed by atoms with Crippen molar-refractivity contribution in [3.63, 3.8) is 0 Å². The molecule has 0 fully saturated rings. The van der Waals surface area contributed by atoms with E-state index in [9.17, 15) is 8.42 Å². The molecule has 0 saturated heterocycles. The summed E-state index contributed by atoms with van der Waals surface area (Å²) in [7, 11) is -4.38. The summed E-state index contributed by atoms with van der Waals surface area (Å²) < 4.78 is 28.8. The van der Waals surface area contributed by atoms with E-state index in [1.165, 1.54) is 0 Å². The maximum absolute atomic E-state index is 9.21. The van der Waals surface area contributed by atoms with Crippen LogP contribution in [0.25, 0.3) is 0 Å². The molecule has 0 bridgehead atoms. The molecule has 0 saturated carbocycles. The molecule has 0 amide bonds. The minimum absolute atomic E-state index is 0.583. The first-order valence-corrected chi connectivity index (χ1v) is 3.51. The second-order valence-corrected chi connectivity index (χ2v) is 2.10. The third-order valence-corrected chi connectivity index (χ3v) is 0.531. The lowest BCUT2D eigenvalue weighted by Crippen LogP contribution is -2.08. The van der Waals surface area contributed by atoms with Crippen molar-refractivity contribution in [1.29, 1.82) is 0 Å². The highest BCUT2D eigenvalue weighted by atomic mass is 32.3. The molecule has 0 spiro atoms. The van der Waals surface area contributed by atoms with Gasteiger partial charge in [0.1, 0.15) is 0 Å². The van der Waals surface area contributed by atoms with Gasteiger partial charge in [0.25, 0.3) is 0 Å². The van der Waals surface area contributed by atoms with Gasteiger partial charge in [0, 0.05) is 6.54 Å². The zero-order chi connectivity index (χ0) is 8.62. The summed E-state index contributed by atoms with van der Waals surface area (Å²) in [5, 5.41) is 0. The lowest BCUT2D eigenvalue weighted by Gasteiger charge is -1.81. The van der Waals surface area contributed by atoms with Crippen molar-refractivity contribution < 1.29 is 17.3 Å². The molecular formula is C3H10N2O4S. The molecule has 7 heteroatoms. The van der Waals surface area contributed by atoms with Gasteiger partial charge in [0.2, 0.25) is 0 Å². The first-order chi connectivity index (χ1) is 4.47. The molecule has 0 heterocycles. The lowest BCUT2D eigenvalue weighted by molar-refractivity contribution is 0.277. The zero-order valence-electron chi connectivity index (χ0n) is 5.23. The third kappa shape index (κ3) is 25.8. The molecule has 0 atom stereocenters. The molecule has 0 radical (unpaired) electrons. The summed E-state index contributed by atoms with van der Waals surface area (Å²) in [5.74, 6) is 3.97. The Kier molecular flexibility index (Phi) is 8.13. The van der Waals surface area contributed by atoms with Gasteiger partial charge in [0.15, 0.2) is 0 Å². The van der Waals surface area contributed by atoms with Crippen LogP contribution in [0.1, 0.15) is 0 Å². The van der Waals surface area contributed by atoms with Crippen molar-refractivity contribution in [3.8, 4) is 0 Å². The van der Waals surface area contributed by atoms with E-state index in [1.807, 2.05) is 0 Å². The van der Waals surface area contributed by atoms with Gasteiger partial charge >= 0.3 is 10.4 Å². The number of hydrogen-bond donors (Lipinski definition) is 3. The maximum atomic E-state index is 9.21. The monoisotopic (exact) mass is 170 g/mol. The smallest absolute Gasteiger partial charge is 0.327 e. The topological polar surface area (TPSA) is 116 Å². The van der Waals surface area contributed by atoms with Gasteiger partial charge in [-0.05, 0) is 0 Å². The highest BCUT2D eigenvalue weighted by molar-refractivity contribution is 7.80. The Hall–Kier alpha value is -0.470. The van der Waals surface area contributed by atoms with Gasteiger partial charge in [-0.25, -0.2) is 0 Å². The maximum Gasteiger partial charge on any atom is 0.413 e. The summed E-state index contributed by atoms with van der Waals surface area (Å²) in [4.78, 5) is 0. The number of rotatable bonds is 2. The minimum Gasteiger partial charge on any atom is -0.327 e. The van der Waals surface area contributed by atoms with E-state index in [0.29, 0.717) is 6.54 Å². The number of nitrogens with two attached hydrogens (primary N) is 2. The number of hydrogen-bond acceptors (Lipinski definition) is 5. The average molecular weight is 170 g/mol. The summed E-state index contributed by atoms with van der Waals surface area (Å²) >= 11 is 0. The molecule has 0 rings (SSSR count). The van der Waals surface area contributed by atoms with Gasteiger partial charge < -0.3 is 5.73 Å². The molecular weight excluding hydrogens is 160 g/mol. The summed E-state index contributed by atoms with van der Waals surface area (Å²) in [5.41, 5.74) is 4.91. The van der Waals surface area contributed by atoms with Gasteiger partial charge in [-0.3, -0.25) is 4.55 Å². The van der Waals surface area contributed by atoms with Crippen LogP contribution >= 0.6 is 0 Å². The van der Waals surface area contributed by atoms with Crippen LogP contribution in [0.4, 0.5) is 0 Å². The first-order valence-electron chi connectivity index (χ1n) is 2.14. The second-order valence-electron chi connectivity index (χ2n) is 1.05. The fraction of sp³-hybridized carbons (Fsp3) is 0.333. The fourth-order valence-electron chi connectivity index (χ4n) is 0. The fourth-order valence-corrected chi connectivity index (χ4v) is 0. The lowest BCUT2D eigenvalue weighted by atomic mass is 10.7. The second kappa shape index (κ2) is 6.65. The summed E-state index contributed by atoms with van der Waals surface area (Å²) in [6.07, 6.45) is 1.65. The molecule has 62 valence electrons. The van der Waals surface area contributed by atoms with E-state index in [0.717, 1.165) is 0 Å². The van der Waals surface area contributed by atoms with E-state index in [-0.39, 0.29) is 0 Å². The van der Waals surface area contributed by atoms with Gasteiger partial charge in [-0.2, -0.15) is 18.6 Å². The molecule has 5 N–H and O–H groups in total. The quantitative estimate of drug-likeness (QED) is 0.272. The average Bonchev–Trinajstić information content (AvgIpc) is 1.87. The Balaban J connectivity index is 0. The van der Waals surface area contributed by atoms with Gasteiger partial charge in [-0.15, -0.1) is 6.58 Å². The minimum atomic E-state index is -4.38. The molecule has 0 aliphatic heterocycles. The normalized spacial score (nSPS) is 9.50. The summed E-state index contributed by atoms with van der Waals surface area (Å²) in [6.45, 7) is 3.94. The van der Waals surface area contributed by atoms with Crippen LogP contribution in [0.5, 0.6) is 0 Å². The Morgan fingerprint density at radius 2 is 1.90 bits per heavy atom. The van der Waals surface area contributed by atoms with E-state index < -0.39 is 10.4 Å². The van der Waals surface area contributed by atoms with E-state index >= 15 is 0 Å². The van der Waals surface area contributed by atoms with E-state index in [4.69, 9.17) is 10.3 Å². The highest BCUT2D eigenvalue weighted by Gasteiger charge is 1.95.